The topological polar surface area (TPSA) is 66.8 Å². The predicted octanol–water partition coefficient (Wildman–Crippen LogP) is 3.58. The van der Waals surface area contributed by atoms with E-state index in [1.54, 1.807) is 0 Å². The van der Waals surface area contributed by atoms with Gasteiger partial charge in [-0.1, -0.05) is 13.3 Å². The van der Waals surface area contributed by atoms with Gasteiger partial charge >= 0.3 is 5.97 Å². The van der Waals surface area contributed by atoms with Gasteiger partial charge in [0.25, 0.3) is 5.91 Å². The summed E-state index contributed by atoms with van der Waals surface area (Å²) >= 11 is 0. The number of likely N-dealkylation sites (tertiary alicyclic amines) is 1. The molecule has 1 atom stereocenters. The van der Waals surface area contributed by atoms with E-state index in [4.69, 9.17) is 9.84 Å². The molecule has 1 heterocycles. The molecule has 1 fully saturated rings. The van der Waals surface area contributed by atoms with Gasteiger partial charge in [0, 0.05) is 25.1 Å². The van der Waals surface area contributed by atoms with E-state index in [-0.39, 0.29) is 18.2 Å². The van der Waals surface area contributed by atoms with Crippen LogP contribution in [-0.2, 0) is 4.79 Å². The molecule has 1 aromatic carbocycles. The van der Waals surface area contributed by atoms with Gasteiger partial charge in [-0.25, -0.2) is 0 Å². The fourth-order valence-corrected chi connectivity index (χ4v) is 3.02. The Labute approximate surface area is 143 Å². The molecule has 5 nitrogen and oxygen atoms in total. The Balaban J connectivity index is 1.89. The average molecular weight is 333 g/mol. The van der Waals surface area contributed by atoms with E-state index in [1.165, 1.54) is 0 Å². The second kappa shape index (κ2) is 9.30. The number of aliphatic carboxylic acids is 1. The number of nitrogens with zero attached hydrogens (tertiary/aromatic N) is 1. The number of benzene rings is 1. The highest BCUT2D eigenvalue weighted by molar-refractivity contribution is 5.94. The maximum absolute atomic E-state index is 12.6. The maximum Gasteiger partial charge on any atom is 0.303 e. The van der Waals surface area contributed by atoms with Crippen LogP contribution >= 0.6 is 0 Å². The molecule has 1 saturated heterocycles. The molecular formula is C19H27NO4. The first-order chi connectivity index (χ1) is 11.6. The van der Waals surface area contributed by atoms with E-state index >= 15 is 0 Å². The number of ether oxygens (including phenoxy) is 1. The van der Waals surface area contributed by atoms with Crippen LogP contribution in [0.15, 0.2) is 24.3 Å². The van der Waals surface area contributed by atoms with Crippen molar-refractivity contribution >= 4 is 11.9 Å². The smallest absolute Gasteiger partial charge is 0.303 e. The molecule has 0 spiro atoms. The van der Waals surface area contributed by atoms with Crippen molar-refractivity contribution in [1.29, 1.82) is 0 Å². The van der Waals surface area contributed by atoms with Crippen molar-refractivity contribution < 1.29 is 19.4 Å². The summed E-state index contributed by atoms with van der Waals surface area (Å²) in [5.41, 5.74) is 0.664. The molecule has 1 amide bonds. The number of unbranched alkanes of at least 4 members (excludes halogenated alkanes) is 1. The number of carboxylic acids is 1. The number of carboxylic acid groups (broad SMARTS) is 1. The number of carbonyl (C=O) groups is 2. The highest BCUT2D eigenvalue weighted by Crippen LogP contribution is 2.23. The monoisotopic (exact) mass is 333 g/mol. The number of amides is 1. The highest BCUT2D eigenvalue weighted by Gasteiger charge is 2.24. The normalized spacial score (nSPS) is 17.5. The van der Waals surface area contributed by atoms with Gasteiger partial charge in [-0.3, -0.25) is 9.59 Å². The van der Waals surface area contributed by atoms with Crippen LogP contribution in [0.1, 0.15) is 55.8 Å². The molecule has 0 bridgehead atoms. The first-order valence-corrected chi connectivity index (χ1v) is 8.84. The maximum atomic E-state index is 12.6. The summed E-state index contributed by atoms with van der Waals surface area (Å²) in [6.07, 6.45) is 4.87. The Morgan fingerprint density at radius 2 is 2.04 bits per heavy atom. The highest BCUT2D eigenvalue weighted by atomic mass is 16.5. The summed E-state index contributed by atoms with van der Waals surface area (Å²) in [4.78, 5) is 25.2. The van der Waals surface area contributed by atoms with Crippen molar-refractivity contribution in [2.45, 2.75) is 45.4 Å². The number of rotatable bonds is 8. The third-order valence-corrected chi connectivity index (χ3v) is 4.44. The molecule has 0 aliphatic carbocycles. The molecule has 132 valence electrons. The van der Waals surface area contributed by atoms with Gasteiger partial charge in [0.15, 0.2) is 0 Å². The molecular weight excluding hydrogens is 306 g/mol. The lowest BCUT2D eigenvalue weighted by Gasteiger charge is -2.32. The van der Waals surface area contributed by atoms with Gasteiger partial charge in [-0.15, -0.1) is 0 Å². The fraction of sp³-hybridized carbons (Fsp3) is 0.579. The third kappa shape index (κ3) is 5.55. The van der Waals surface area contributed by atoms with E-state index in [1.807, 2.05) is 29.2 Å². The molecule has 24 heavy (non-hydrogen) atoms. The van der Waals surface area contributed by atoms with Crippen LogP contribution in [0.5, 0.6) is 5.75 Å². The van der Waals surface area contributed by atoms with Gasteiger partial charge in [0.1, 0.15) is 5.75 Å². The van der Waals surface area contributed by atoms with Gasteiger partial charge in [0.05, 0.1) is 6.61 Å². The van der Waals surface area contributed by atoms with Crippen LogP contribution in [-0.4, -0.2) is 41.6 Å². The van der Waals surface area contributed by atoms with Crippen LogP contribution in [0.4, 0.5) is 0 Å². The first-order valence-electron chi connectivity index (χ1n) is 8.84. The molecule has 1 unspecified atom stereocenters. The lowest BCUT2D eigenvalue weighted by atomic mass is 9.93. The number of piperidine rings is 1. The fourth-order valence-electron chi connectivity index (χ4n) is 3.02. The van der Waals surface area contributed by atoms with Gasteiger partial charge < -0.3 is 14.7 Å². The summed E-state index contributed by atoms with van der Waals surface area (Å²) in [5.74, 6) is 0.334. The Morgan fingerprint density at radius 1 is 1.29 bits per heavy atom. The summed E-state index contributed by atoms with van der Waals surface area (Å²) in [6.45, 7) is 4.21. The van der Waals surface area contributed by atoms with Crippen molar-refractivity contribution in [2.75, 3.05) is 19.7 Å². The summed E-state index contributed by atoms with van der Waals surface area (Å²) < 4.78 is 5.62. The van der Waals surface area contributed by atoms with E-state index in [0.717, 1.165) is 38.0 Å². The second-order valence-electron chi connectivity index (χ2n) is 6.42. The van der Waals surface area contributed by atoms with Crippen molar-refractivity contribution in [3.05, 3.63) is 29.8 Å². The number of hydrogen-bond donors (Lipinski definition) is 1. The number of carbonyl (C=O) groups excluding carboxylic acids is 1. The Morgan fingerprint density at radius 3 is 2.71 bits per heavy atom. The molecule has 0 radical (unpaired) electrons. The van der Waals surface area contributed by atoms with Gasteiger partial charge in [-0.05, 0) is 55.9 Å². The minimum absolute atomic E-state index is 0.0233. The van der Waals surface area contributed by atoms with Crippen LogP contribution in [0.2, 0.25) is 0 Å². The largest absolute Gasteiger partial charge is 0.494 e. The van der Waals surface area contributed by atoms with E-state index in [2.05, 4.69) is 6.92 Å². The molecule has 0 aromatic heterocycles. The lowest BCUT2D eigenvalue weighted by molar-refractivity contribution is -0.137. The van der Waals surface area contributed by atoms with Crippen LogP contribution < -0.4 is 4.74 Å². The minimum Gasteiger partial charge on any atom is -0.494 e. The van der Waals surface area contributed by atoms with Crippen molar-refractivity contribution in [1.82, 2.24) is 4.90 Å². The molecule has 0 saturated carbocycles. The summed E-state index contributed by atoms with van der Waals surface area (Å²) in [7, 11) is 0. The van der Waals surface area contributed by atoms with Crippen LogP contribution in [0, 0.1) is 5.92 Å². The quantitative estimate of drug-likeness (QED) is 0.738. The van der Waals surface area contributed by atoms with E-state index in [9.17, 15) is 9.59 Å². The molecule has 1 aliphatic heterocycles. The van der Waals surface area contributed by atoms with Gasteiger partial charge in [-0.2, -0.15) is 0 Å². The first kappa shape index (κ1) is 18.3. The van der Waals surface area contributed by atoms with Crippen molar-refractivity contribution in [2.24, 2.45) is 5.92 Å². The zero-order valence-corrected chi connectivity index (χ0v) is 14.4. The summed E-state index contributed by atoms with van der Waals surface area (Å²) in [6, 6.07) is 7.30. The van der Waals surface area contributed by atoms with E-state index < -0.39 is 5.97 Å². The molecule has 2 rings (SSSR count). The van der Waals surface area contributed by atoms with Gasteiger partial charge in [0.2, 0.25) is 0 Å². The molecule has 1 aromatic rings. The predicted molar refractivity (Wildman–Crippen MR) is 92.3 cm³/mol. The SMILES string of the molecule is CCCCOc1ccc(C(=O)N2CCCC(CCC(=O)O)C2)cc1. The zero-order chi connectivity index (χ0) is 17.4. The minimum atomic E-state index is -0.767. The van der Waals surface area contributed by atoms with Crippen molar-refractivity contribution in [3.8, 4) is 5.75 Å². The molecule has 1 N–H and O–H groups in total. The number of hydrogen-bond acceptors (Lipinski definition) is 3. The van der Waals surface area contributed by atoms with Crippen molar-refractivity contribution in [3.63, 3.8) is 0 Å². The Kier molecular flexibility index (Phi) is 7.09. The Bertz CT molecular complexity index is 541. The molecule has 5 heteroatoms. The van der Waals surface area contributed by atoms with Crippen LogP contribution in [0.25, 0.3) is 0 Å². The Hall–Kier alpha value is -2.04. The van der Waals surface area contributed by atoms with E-state index in [0.29, 0.717) is 25.1 Å². The standard InChI is InChI=1S/C19H27NO4/c1-2-3-13-24-17-9-7-16(8-10-17)19(23)20-12-4-5-15(14-20)6-11-18(21)22/h7-10,15H,2-6,11-14H2,1H3,(H,21,22). The van der Waals surface area contributed by atoms with Crippen LogP contribution in [0.3, 0.4) is 0 Å². The second-order valence-corrected chi connectivity index (χ2v) is 6.42. The zero-order valence-electron chi connectivity index (χ0n) is 14.4. The third-order valence-electron chi connectivity index (χ3n) is 4.44. The molecule has 1 aliphatic rings. The summed E-state index contributed by atoms with van der Waals surface area (Å²) in [5, 5.41) is 8.81. The average Bonchev–Trinajstić information content (AvgIpc) is 2.60. The lowest BCUT2D eigenvalue weighted by Crippen LogP contribution is -2.40.